The number of phenols is 3. The monoisotopic (exact) mass is 212 g/mol. The molecule has 0 bridgehead atoms. The first-order valence-electron chi connectivity index (χ1n) is 4.27. The van der Waals surface area contributed by atoms with Crippen LogP contribution >= 0.6 is 0 Å². The van der Waals surface area contributed by atoms with Crippen molar-refractivity contribution < 1.29 is 25.5 Å². The molecule has 5 nitrogen and oxygen atoms in total. The van der Waals surface area contributed by atoms with E-state index in [9.17, 15) is 0 Å². The molecule has 0 radical (unpaired) electrons. The van der Waals surface area contributed by atoms with E-state index in [0.29, 0.717) is 12.0 Å². The molecule has 5 heteroatoms. The second-order valence-electron chi connectivity index (χ2n) is 3.03. The lowest BCUT2D eigenvalue weighted by molar-refractivity contribution is 0.00221. The van der Waals surface area contributed by atoms with Gasteiger partial charge in [0.2, 0.25) is 0 Å². The smallest absolute Gasteiger partial charge is 0.200 e. The van der Waals surface area contributed by atoms with Crippen LogP contribution in [0.3, 0.4) is 0 Å². The molecule has 0 amide bonds. The van der Waals surface area contributed by atoms with Crippen LogP contribution in [0.25, 0.3) is 0 Å². The largest absolute Gasteiger partial charge is 0.504 e. The number of phenolic OH excluding ortho intramolecular Hbond substituents is 3. The maximum Gasteiger partial charge on any atom is 0.200 e. The number of benzene rings is 1. The third-order valence-electron chi connectivity index (χ3n) is 1.79. The number of hydrogen-bond donors (Lipinski definition) is 5. The van der Waals surface area contributed by atoms with E-state index in [1.807, 2.05) is 0 Å². The Morgan fingerprint density at radius 3 is 2.07 bits per heavy atom. The van der Waals surface area contributed by atoms with Crippen molar-refractivity contribution in [2.24, 2.45) is 0 Å². The number of hydrogen-bond acceptors (Lipinski definition) is 5. The first-order chi connectivity index (χ1) is 7.00. The van der Waals surface area contributed by atoms with E-state index in [-0.39, 0.29) is 0 Å². The van der Waals surface area contributed by atoms with E-state index in [2.05, 4.69) is 0 Å². The minimum atomic E-state index is -1.52. The van der Waals surface area contributed by atoms with Crippen LogP contribution in [-0.4, -0.2) is 31.8 Å². The average Bonchev–Trinajstić information content (AvgIpc) is 2.13. The Balaban J connectivity index is 2.79. The van der Waals surface area contributed by atoms with Crippen molar-refractivity contribution in [1.29, 1.82) is 0 Å². The molecule has 0 atom stereocenters. The molecule has 1 aromatic rings. The van der Waals surface area contributed by atoms with E-state index < -0.39 is 23.5 Å². The lowest BCUT2D eigenvalue weighted by Crippen LogP contribution is -1.97. The second-order valence-corrected chi connectivity index (χ2v) is 3.03. The lowest BCUT2D eigenvalue weighted by Gasteiger charge is -2.03. The van der Waals surface area contributed by atoms with Crippen LogP contribution in [0, 0.1) is 0 Å². The van der Waals surface area contributed by atoms with Crippen LogP contribution in [0.4, 0.5) is 0 Å². The normalized spacial score (nSPS) is 11.4. The van der Waals surface area contributed by atoms with Gasteiger partial charge in [0.15, 0.2) is 23.5 Å². The summed E-state index contributed by atoms with van der Waals surface area (Å²) in [6.07, 6.45) is 1.40. The molecular weight excluding hydrogens is 200 g/mol. The molecule has 1 rings (SSSR count). The highest BCUT2D eigenvalue weighted by molar-refractivity contribution is 5.51. The Morgan fingerprint density at radius 2 is 1.60 bits per heavy atom. The topological polar surface area (TPSA) is 101 Å². The SMILES string of the molecule is Oc1cc(CC=CC(O)O)cc(O)c1O. The first-order valence-corrected chi connectivity index (χ1v) is 4.27. The number of aliphatic hydroxyl groups is 2. The van der Waals surface area contributed by atoms with Gasteiger partial charge in [-0.15, -0.1) is 0 Å². The Morgan fingerprint density at radius 1 is 1.07 bits per heavy atom. The fourth-order valence-corrected chi connectivity index (χ4v) is 1.10. The molecule has 1 aromatic carbocycles. The number of aliphatic hydroxyl groups excluding tert-OH is 1. The lowest BCUT2D eigenvalue weighted by atomic mass is 10.1. The molecule has 0 fully saturated rings. The van der Waals surface area contributed by atoms with Crippen molar-refractivity contribution in [1.82, 2.24) is 0 Å². The van der Waals surface area contributed by atoms with Crippen molar-refractivity contribution >= 4 is 0 Å². The predicted octanol–water partition coefficient (Wildman–Crippen LogP) is 0.213. The van der Waals surface area contributed by atoms with E-state index in [0.717, 1.165) is 6.08 Å². The van der Waals surface area contributed by atoms with Gasteiger partial charge in [-0.1, -0.05) is 6.08 Å². The van der Waals surface area contributed by atoms with Gasteiger partial charge in [0, 0.05) is 0 Å². The maximum absolute atomic E-state index is 9.16. The van der Waals surface area contributed by atoms with Gasteiger partial charge in [-0.25, -0.2) is 0 Å². The van der Waals surface area contributed by atoms with Gasteiger partial charge in [-0.05, 0) is 30.2 Å². The Kier molecular flexibility index (Phi) is 3.54. The Labute approximate surface area is 86.2 Å². The van der Waals surface area contributed by atoms with Crippen LogP contribution in [0.5, 0.6) is 17.2 Å². The molecule has 0 saturated carbocycles. The highest BCUT2D eigenvalue weighted by atomic mass is 16.5. The zero-order valence-electron chi connectivity index (χ0n) is 7.83. The van der Waals surface area contributed by atoms with Crippen molar-refractivity contribution in [3.8, 4) is 17.2 Å². The van der Waals surface area contributed by atoms with Crippen LogP contribution in [-0.2, 0) is 6.42 Å². The van der Waals surface area contributed by atoms with Gasteiger partial charge < -0.3 is 25.5 Å². The van der Waals surface area contributed by atoms with Gasteiger partial charge >= 0.3 is 0 Å². The molecule has 0 heterocycles. The molecular formula is C10H12O5. The molecule has 15 heavy (non-hydrogen) atoms. The maximum atomic E-state index is 9.16. The molecule has 0 unspecified atom stereocenters. The Hall–Kier alpha value is -1.72. The molecule has 0 aliphatic rings. The first kappa shape index (κ1) is 11.4. The van der Waals surface area contributed by atoms with Gasteiger partial charge in [-0.2, -0.15) is 0 Å². The highest BCUT2D eigenvalue weighted by Gasteiger charge is 2.06. The quantitative estimate of drug-likeness (QED) is 0.280. The highest BCUT2D eigenvalue weighted by Crippen LogP contribution is 2.35. The molecule has 0 aliphatic carbocycles. The van der Waals surface area contributed by atoms with Gasteiger partial charge in [0.25, 0.3) is 0 Å². The van der Waals surface area contributed by atoms with Crippen LogP contribution in [0.15, 0.2) is 24.3 Å². The fraction of sp³-hybridized carbons (Fsp3) is 0.200. The van der Waals surface area contributed by atoms with Crippen molar-refractivity contribution in [3.05, 3.63) is 29.8 Å². The third-order valence-corrected chi connectivity index (χ3v) is 1.79. The minimum Gasteiger partial charge on any atom is -0.504 e. The van der Waals surface area contributed by atoms with Crippen molar-refractivity contribution in [2.75, 3.05) is 0 Å². The van der Waals surface area contributed by atoms with Crippen molar-refractivity contribution in [2.45, 2.75) is 12.7 Å². The summed E-state index contributed by atoms with van der Waals surface area (Å²) in [7, 11) is 0. The van der Waals surface area contributed by atoms with E-state index in [1.165, 1.54) is 18.2 Å². The third kappa shape index (κ3) is 3.16. The summed E-state index contributed by atoms with van der Waals surface area (Å²) in [4.78, 5) is 0. The summed E-state index contributed by atoms with van der Waals surface area (Å²) in [5, 5.41) is 44.4. The molecule has 0 aromatic heterocycles. The van der Waals surface area contributed by atoms with Crippen molar-refractivity contribution in [3.63, 3.8) is 0 Å². The zero-order valence-corrected chi connectivity index (χ0v) is 7.83. The van der Waals surface area contributed by atoms with E-state index in [1.54, 1.807) is 0 Å². The number of aromatic hydroxyl groups is 3. The van der Waals surface area contributed by atoms with Crippen LogP contribution < -0.4 is 0 Å². The van der Waals surface area contributed by atoms with Gasteiger partial charge in [0.05, 0.1) is 0 Å². The van der Waals surface area contributed by atoms with E-state index >= 15 is 0 Å². The van der Waals surface area contributed by atoms with Crippen LogP contribution in [0.2, 0.25) is 0 Å². The summed E-state index contributed by atoms with van der Waals surface area (Å²) in [6.45, 7) is 0. The molecule has 0 spiro atoms. The molecule has 0 saturated heterocycles. The number of rotatable bonds is 3. The summed E-state index contributed by atoms with van der Waals surface area (Å²) >= 11 is 0. The summed E-state index contributed by atoms with van der Waals surface area (Å²) in [6, 6.07) is 2.56. The number of allylic oxidation sites excluding steroid dienone is 1. The molecule has 82 valence electrons. The van der Waals surface area contributed by atoms with Gasteiger partial charge in [0.1, 0.15) is 0 Å². The molecule has 0 aliphatic heterocycles. The van der Waals surface area contributed by atoms with E-state index in [4.69, 9.17) is 25.5 Å². The minimum absolute atomic E-state index is 0.305. The van der Waals surface area contributed by atoms with Crippen LogP contribution in [0.1, 0.15) is 5.56 Å². The summed E-state index contributed by atoms with van der Waals surface area (Å²) in [5.41, 5.74) is 0.541. The summed E-state index contributed by atoms with van der Waals surface area (Å²) in [5.74, 6) is -1.39. The zero-order chi connectivity index (χ0) is 11.4. The average molecular weight is 212 g/mol. The van der Waals surface area contributed by atoms with Gasteiger partial charge in [-0.3, -0.25) is 0 Å². The molecule has 5 N–H and O–H groups in total. The predicted molar refractivity (Wildman–Crippen MR) is 52.5 cm³/mol. The Bertz CT molecular complexity index is 347. The standard InChI is InChI=1S/C10H12O5/c11-7-4-6(2-1-3-9(13)14)5-8(12)10(7)15/h1,3-5,9,11-15H,2H2. The summed E-state index contributed by atoms with van der Waals surface area (Å²) < 4.78 is 0. The fourth-order valence-electron chi connectivity index (χ4n) is 1.10. The second kappa shape index (κ2) is 4.68.